The molecule has 96 valence electrons. The van der Waals surface area contributed by atoms with Crippen LogP contribution in [0.1, 0.15) is 23.6 Å². The van der Waals surface area contributed by atoms with Crippen LogP contribution in [0.2, 0.25) is 0 Å². The predicted octanol–water partition coefficient (Wildman–Crippen LogP) is 3.53. The Hall–Kier alpha value is -2.15. The Bertz CT molecular complexity index is 534. The molecule has 3 heteroatoms. The van der Waals surface area contributed by atoms with Gasteiger partial charge in [0.15, 0.2) is 0 Å². The van der Waals surface area contributed by atoms with Crippen molar-refractivity contribution in [1.29, 1.82) is 5.26 Å². The Labute approximate surface area is 113 Å². The van der Waals surface area contributed by atoms with Crippen LogP contribution in [0.4, 0.5) is 0 Å². The lowest BCUT2D eigenvalue weighted by Gasteiger charge is -2.24. The fourth-order valence-corrected chi connectivity index (χ4v) is 2.04. The van der Waals surface area contributed by atoms with Crippen LogP contribution in [0.3, 0.4) is 0 Å². The Balaban J connectivity index is 2.14. The van der Waals surface area contributed by atoms with Crippen molar-refractivity contribution in [1.82, 2.24) is 5.06 Å². The number of hydrogen-bond acceptors (Lipinski definition) is 3. The second-order valence-corrected chi connectivity index (χ2v) is 4.37. The van der Waals surface area contributed by atoms with Gasteiger partial charge >= 0.3 is 0 Å². The van der Waals surface area contributed by atoms with Gasteiger partial charge in [0.2, 0.25) is 0 Å². The molecule has 0 fully saturated rings. The van der Waals surface area contributed by atoms with Gasteiger partial charge in [0, 0.05) is 6.54 Å². The highest BCUT2D eigenvalue weighted by Crippen LogP contribution is 2.23. The molecule has 0 aliphatic rings. The van der Waals surface area contributed by atoms with E-state index in [0.717, 1.165) is 11.1 Å². The SMILES string of the molecule is N#CC[C@@H](c1ccccc1)N(O)Cc1ccccc1. The van der Waals surface area contributed by atoms with Gasteiger partial charge in [-0.05, 0) is 11.1 Å². The molecule has 0 radical (unpaired) electrons. The molecule has 0 bridgehead atoms. The summed E-state index contributed by atoms with van der Waals surface area (Å²) in [6, 6.07) is 21.2. The van der Waals surface area contributed by atoms with Gasteiger partial charge in [0.1, 0.15) is 0 Å². The van der Waals surface area contributed by atoms with E-state index in [1.807, 2.05) is 60.7 Å². The summed E-state index contributed by atoms with van der Waals surface area (Å²) in [5, 5.41) is 20.4. The summed E-state index contributed by atoms with van der Waals surface area (Å²) >= 11 is 0. The normalized spacial score (nSPS) is 12.1. The van der Waals surface area contributed by atoms with Crippen LogP contribution in [-0.2, 0) is 6.54 Å². The van der Waals surface area contributed by atoms with E-state index in [2.05, 4.69) is 6.07 Å². The van der Waals surface area contributed by atoms with E-state index in [-0.39, 0.29) is 12.5 Å². The molecule has 0 aromatic heterocycles. The van der Waals surface area contributed by atoms with E-state index in [0.29, 0.717) is 6.54 Å². The summed E-state index contributed by atoms with van der Waals surface area (Å²) in [4.78, 5) is 0. The Morgan fingerprint density at radius 2 is 1.58 bits per heavy atom. The van der Waals surface area contributed by atoms with Crippen LogP contribution in [0.5, 0.6) is 0 Å². The average Bonchev–Trinajstić information content (AvgIpc) is 2.46. The van der Waals surface area contributed by atoms with Crippen molar-refractivity contribution in [2.24, 2.45) is 0 Å². The zero-order valence-electron chi connectivity index (χ0n) is 10.6. The van der Waals surface area contributed by atoms with Crippen LogP contribution in [-0.4, -0.2) is 10.3 Å². The lowest BCUT2D eigenvalue weighted by atomic mass is 10.0. The maximum Gasteiger partial charge on any atom is 0.0733 e. The predicted molar refractivity (Wildman–Crippen MR) is 73.2 cm³/mol. The minimum Gasteiger partial charge on any atom is -0.313 e. The molecule has 2 rings (SSSR count). The van der Waals surface area contributed by atoms with E-state index in [1.54, 1.807) is 0 Å². The summed E-state index contributed by atoms with van der Waals surface area (Å²) in [5.41, 5.74) is 1.96. The zero-order valence-corrected chi connectivity index (χ0v) is 10.6. The van der Waals surface area contributed by atoms with Crippen molar-refractivity contribution in [3.63, 3.8) is 0 Å². The lowest BCUT2D eigenvalue weighted by molar-refractivity contribution is -0.136. The van der Waals surface area contributed by atoms with Crippen molar-refractivity contribution in [3.8, 4) is 6.07 Å². The number of benzene rings is 2. The van der Waals surface area contributed by atoms with Gasteiger partial charge in [0.05, 0.1) is 18.5 Å². The Kier molecular flexibility index (Phi) is 4.68. The Morgan fingerprint density at radius 1 is 1.00 bits per heavy atom. The van der Waals surface area contributed by atoms with Gasteiger partial charge < -0.3 is 5.21 Å². The molecular formula is C16H16N2O. The molecule has 3 nitrogen and oxygen atoms in total. The number of rotatable bonds is 5. The lowest BCUT2D eigenvalue weighted by Crippen LogP contribution is -2.24. The summed E-state index contributed by atoms with van der Waals surface area (Å²) in [7, 11) is 0. The minimum atomic E-state index is -0.300. The second kappa shape index (κ2) is 6.69. The first kappa shape index (κ1) is 13.3. The van der Waals surface area contributed by atoms with Gasteiger partial charge in [-0.2, -0.15) is 10.3 Å². The molecule has 0 aliphatic carbocycles. The van der Waals surface area contributed by atoms with Crippen molar-refractivity contribution >= 4 is 0 Å². The molecule has 2 aromatic rings. The molecule has 0 spiro atoms. The maximum atomic E-state index is 10.2. The second-order valence-electron chi connectivity index (χ2n) is 4.37. The van der Waals surface area contributed by atoms with Crippen LogP contribution < -0.4 is 0 Å². The van der Waals surface area contributed by atoms with Gasteiger partial charge in [-0.15, -0.1) is 0 Å². The number of nitriles is 1. The van der Waals surface area contributed by atoms with Gasteiger partial charge in [-0.1, -0.05) is 60.7 Å². The molecule has 0 unspecified atom stereocenters. The molecule has 19 heavy (non-hydrogen) atoms. The quantitative estimate of drug-likeness (QED) is 0.828. The standard InChI is InChI=1S/C16H16N2O/c17-12-11-16(15-9-5-2-6-10-15)18(19)13-14-7-3-1-4-8-14/h1-10,16,19H,11,13H2/t16-/m0/s1. The van der Waals surface area contributed by atoms with Crippen LogP contribution >= 0.6 is 0 Å². The monoisotopic (exact) mass is 252 g/mol. The first-order valence-electron chi connectivity index (χ1n) is 6.22. The highest BCUT2D eigenvalue weighted by Gasteiger charge is 2.18. The smallest absolute Gasteiger partial charge is 0.0733 e. The van der Waals surface area contributed by atoms with Crippen molar-refractivity contribution in [2.75, 3.05) is 0 Å². The Morgan fingerprint density at radius 3 is 2.16 bits per heavy atom. The number of hydroxylamine groups is 2. The third-order valence-corrected chi connectivity index (χ3v) is 3.02. The highest BCUT2D eigenvalue weighted by molar-refractivity contribution is 5.20. The van der Waals surface area contributed by atoms with Gasteiger partial charge in [-0.3, -0.25) is 0 Å². The van der Waals surface area contributed by atoms with E-state index >= 15 is 0 Å². The topological polar surface area (TPSA) is 47.3 Å². The van der Waals surface area contributed by atoms with Crippen molar-refractivity contribution in [2.45, 2.75) is 19.0 Å². The first-order valence-corrected chi connectivity index (χ1v) is 6.22. The third-order valence-electron chi connectivity index (χ3n) is 3.02. The minimum absolute atomic E-state index is 0.257. The van der Waals surface area contributed by atoms with Gasteiger partial charge in [0.25, 0.3) is 0 Å². The molecule has 0 heterocycles. The molecule has 0 saturated heterocycles. The van der Waals surface area contributed by atoms with Crippen LogP contribution in [0, 0.1) is 11.3 Å². The van der Waals surface area contributed by atoms with Crippen LogP contribution in [0.15, 0.2) is 60.7 Å². The summed E-state index contributed by atoms with van der Waals surface area (Å²) in [6.45, 7) is 0.405. The van der Waals surface area contributed by atoms with Crippen molar-refractivity contribution in [3.05, 3.63) is 71.8 Å². The molecule has 1 N–H and O–H groups in total. The first-order chi connectivity index (χ1) is 9.31. The zero-order chi connectivity index (χ0) is 13.5. The molecule has 0 amide bonds. The van der Waals surface area contributed by atoms with E-state index in [4.69, 9.17) is 5.26 Å². The number of nitrogens with zero attached hydrogens (tertiary/aromatic N) is 2. The van der Waals surface area contributed by atoms with Crippen molar-refractivity contribution < 1.29 is 5.21 Å². The molecular weight excluding hydrogens is 236 g/mol. The highest BCUT2D eigenvalue weighted by atomic mass is 16.5. The third kappa shape index (κ3) is 3.65. The summed E-state index contributed by atoms with van der Waals surface area (Å²) < 4.78 is 0. The molecule has 2 aromatic carbocycles. The molecule has 0 saturated carbocycles. The van der Waals surface area contributed by atoms with E-state index in [1.165, 1.54) is 5.06 Å². The van der Waals surface area contributed by atoms with Gasteiger partial charge in [-0.25, -0.2) is 0 Å². The molecule has 1 atom stereocenters. The molecule has 0 aliphatic heterocycles. The summed E-state index contributed by atoms with van der Waals surface area (Å²) in [6.07, 6.45) is 0.257. The van der Waals surface area contributed by atoms with Crippen LogP contribution in [0.25, 0.3) is 0 Å². The maximum absolute atomic E-state index is 10.2. The van der Waals surface area contributed by atoms with E-state index < -0.39 is 0 Å². The fraction of sp³-hybridized carbons (Fsp3) is 0.188. The average molecular weight is 252 g/mol. The van der Waals surface area contributed by atoms with E-state index in [9.17, 15) is 5.21 Å². The number of hydrogen-bond donors (Lipinski definition) is 1. The largest absolute Gasteiger partial charge is 0.313 e. The summed E-state index contributed by atoms with van der Waals surface area (Å²) in [5.74, 6) is 0. The fourth-order valence-electron chi connectivity index (χ4n) is 2.04.